The van der Waals surface area contributed by atoms with Gasteiger partial charge in [-0.2, -0.15) is 0 Å². The maximum absolute atomic E-state index is 6.84. The molecule has 0 saturated heterocycles. The molecule has 0 rings (SSSR count). The molecule has 0 radical (unpaired) electrons. The van der Waals surface area contributed by atoms with Crippen LogP contribution in [0.5, 0.6) is 0 Å². The summed E-state index contributed by atoms with van der Waals surface area (Å²) < 4.78 is 6.84. The summed E-state index contributed by atoms with van der Waals surface area (Å²) >= 11 is 0. The molecule has 0 fully saturated rings. The van der Waals surface area contributed by atoms with Crippen molar-refractivity contribution in [1.29, 1.82) is 0 Å². The minimum absolute atomic E-state index is 0.521. The second-order valence-corrected chi connectivity index (χ2v) is 5.81. The lowest BCUT2D eigenvalue weighted by Gasteiger charge is -1.96. The van der Waals surface area contributed by atoms with Gasteiger partial charge in [-0.1, -0.05) is 0 Å². The topological polar surface area (TPSA) is 0 Å². The molecule has 1 heteroatoms. The van der Waals surface area contributed by atoms with Gasteiger partial charge in [-0.05, 0) is 20.0 Å². The van der Waals surface area contributed by atoms with E-state index in [1.165, 1.54) is 0 Å². The highest BCUT2D eigenvalue weighted by Crippen LogP contribution is 2.27. The number of hydrogen-bond donors (Lipinski definition) is 0. The van der Waals surface area contributed by atoms with Gasteiger partial charge >= 0.3 is 0 Å². The van der Waals surface area contributed by atoms with E-state index in [0.717, 1.165) is 0 Å². The molecule has 0 amide bonds. The molecule has 0 atom stereocenters. The van der Waals surface area contributed by atoms with Crippen LogP contribution in [0.4, 0.5) is 0 Å². The zero-order chi connectivity index (χ0) is 5.21. The minimum Gasteiger partial charge on any atom is -0.121 e. The summed E-state index contributed by atoms with van der Waals surface area (Å²) in [6.45, 7) is 3.65. The standard InChI is InChI=1S/C4H11P/c1-5(2,3)4/h1H2,2-4H3/i2T. The maximum atomic E-state index is 6.84. The van der Waals surface area contributed by atoms with Crippen molar-refractivity contribution < 1.29 is 1.37 Å². The van der Waals surface area contributed by atoms with Crippen LogP contribution in [-0.4, -0.2) is 26.3 Å². The SMILES string of the molecule is [3H]CP(=C)(C)C. The zero-order valence-electron chi connectivity index (χ0n) is 4.86. The third-order valence-electron chi connectivity index (χ3n) is 0. The van der Waals surface area contributed by atoms with Crippen molar-refractivity contribution >= 4 is 13.2 Å². The van der Waals surface area contributed by atoms with Crippen LogP contribution in [-0.2, 0) is 0 Å². The van der Waals surface area contributed by atoms with Crippen molar-refractivity contribution in [2.75, 3.05) is 20.0 Å². The highest BCUT2D eigenvalue weighted by atomic mass is 31.2. The Kier molecular flexibility index (Phi) is 0.823. The van der Waals surface area contributed by atoms with Gasteiger partial charge in [0.1, 0.15) is 0 Å². The van der Waals surface area contributed by atoms with E-state index in [2.05, 4.69) is 19.6 Å². The Hall–Kier alpha value is 0.300. The molecule has 0 aromatic carbocycles. The molecule has 0 N–H and O–H groups in total. The molecule has 5 heavy (non-hydrogen) atoms. The Morgan fingerprint density at radius 1 is 1.80 bits per heavy atom. The molecule has 0 nitrogen and oxygen atoms in total. The molecule has 0 spiro atoms. The Morgan fingerprint density at radius 3 is 2.00 bits per heavy atom. The lowest BCUT2D eigenvalue weighted by Crippen LogP contribution is -1.62. The van der Waals surface area contributed by atoms with Crippen LogP contribution in [0.25, 0.3) is 0 Å². The van der Waals surface area contributed by atoms with Crippen molar-refractivity contribution in [2.45, 2.75) is 0 Å². The smallest absolute Gasteiger partial charge is 0.0279 e. The van der Waals surface area contributed by atoms with Gasteiger partial charge in [0, 0.05) is 1.37 Å². The predicted molar refractivity (Wildman–Crippen MR) is 31.8 cm³/mol. The number of hydrogen-bond acceptors (Lipinski definition) is 0. The summed E-state index contributed by atoms with van der Waals surface area (Å²) in [5.41, 5.74) is 0. The third kappa shape index (κ3) is 253. The van der Waals surface area contributed by atoms with Crippen LogP contribution in [0, 0.1) is 0 Å². The summed E-state index contributed by atoms with van der Waals surface area (Å²) in [6.07, 6.45) is 3.81. The largest absolute Gasteiger partial charge is 0.121 e. The summed E-state index contributed by atoms with van der Waals surface area (Å²) in [7, 11) is 0. The zero-order valence-corrected chi connectivity index (χ0v) is 4.76. The molecule has 0 aliphatic heterocycles. The summed E-state index contributed by atoms with van der Waals surface area (Å²) in [6, 6.07) is 0. The second-order valence-electron chi connectivity index (χ2n) is 1.94. The summed E-state index contributed by atoms with van der Waals surface area (Å²) in [4.78, 5) is 0. The van der Waals surface area contributed by atoms with E-state index >= 15 is 0 Å². The third-order valence-corrected chi connectivity index (χ3v) is 0. The monoisotopic (exact) mass is 92.1 g/mol. The van der Waals surface area contributed by atoms with Crippen LogP contribution in [0.2, 0.25) is 0 Å². The molecule has 32 valence electrons. The van der Waals surface area contributed by atoms with Gasteiger partial charge in [0.05, 0.1) is 0 Å². The van der Waals surface area contributed by atoms with E-state index in [4.69, 9.17) is 1.37 Å². The highest BCUT2D eigenvalue weighted by Gasteiger charge is 1.79. The van der Waals surface area contributed by atoms with Crippen LogP contribution in [0.1, 0.15) is 1.37 Å². The van der Waals surface area contributed by atoms with Gasteiger partial charge < -0.3 is 0 Å². The molecule has 0 heterocycles. The lowest BCUT2D eigenvalue weighted by molar-refractivity contribution is 2.11. The van der Waals surface area contributed by atoms with E-state index in [9.17, 15) is 0 Å². The Morgan fingerprint density at radius 2 is 2.00 bits per heavy atom. The first kappa shape index (κ1) is 3.49. The van der Waals surface area contributed by atoms with Crippen LogP contribution < -0.4 is 0 Å². The average molecular weight is 92.1 g/mol. The molecule has 0 unspecified atom stereocenters. The molecule has 0 aliphatic carbocycles. The van der Waals surface area contributed by atoms with Crippen LogP contribution in [0.3, 0.4) is 0 Å². The van der Waals surface area contributed by atoms with Crippen molar-refractivity contribution in [1.82, 2.24) is 0 Å². The lowest BCUT2D eigenvalue weighted by atomic mass is 11.8. The van der Waals surface area contributed by atoms with E-state index in [1.807, 2.05) is 0 Å². The van der Waals surface area contributed by atoms with E-state index in [-0.39, 0.29) is 0 Å². The molecular weight excluding hydrogens is 79.0 g/mol. The second kappa shape index (κ2) is 1.18. The normalized spacial score (nSPS) is 14.4. The maximum Gasteiger partial charge on any atom is 0.0279 e. The van der Waals surface area contributed by atoms with Gasteiger partial charge in [0.15, 0.2) is 0 Å². The van der Waals surface area contributed by atoms with Crippen molar-refractivity contribution in [3.05, 3.63) is 0 Å². The quantitative estimate of drug-likeness (QED) is 0.395. The molecule has 0 aromatic heterocycles. The fraction of sp³-hybridized carbons (Fsp3) is 0.750. The fourth-order valence-electron chi connectivity index (χ4n) is 0. The first-order valence-corrected chi connectivity index (χ1v) is 4.58. The highest BCUT2D eigenvalue weighted by molar-refractivity contribution is 7.71. The van der Waals surface area contributed by atoms with Gasteiger partial charge in [0.2, 0.25) is 0 Å². The Bertz CT molecular complexity index is 71.6. The molecule has 0 aliphatic rings. The summed E-state index contributed by atoms with van der Waals surface area (Å²) in [5.74, 6) is 0. The molecule has 0 bridgehead atoms. The van der Waals surface area contributed by atoms with Gasteiger partial charge in [-0.3, -0.25) is 0 Å². The number of rotatable bonds is 0. The minimum atomic E-state index is -0.980. The van der Waals surface area contributed by atoms with Gasteiger partial charge in [0.25, 0.3) is 0 Å². The molecule has 0 saturated carbocycles. The predicted octanol–water partition coefficient (Wildman–Crippen LogP) is 1.33. The van der Waals surface area contributed by atoms with Crippen molar-refractivity contribution in [3.63, 3.8) is 0 Å². The van der Waals surface area contributed by atoms with Crippen molar-refractivity contribution in [3.8, 4) is 0 Å². The first-order chi connectivity index (χ1) is 2.56. The van der Waals surface area contributed by atoms with Gasteiger partial charge in [-0.15, -0.1) is 13.2 Å². The average Bonchev–Trinajstić information content (AvgIpc) is 1.35. The van der Waals surface area contributed by atoms with Crippen LogP contribution in [0.15, 0.2) is 0 Å². The van der Waals surface area contributed by atoms with E-state index in [0.29, 0.717) is 6.64 Å². The van der Waals surface area contributed by atoms with E-state index < -0.39 is 6.89 Å². The first-order valence-electron chi connectivity index (χ1n) is 2.23. The van der Waals surface area contributed by atoms with E-state index in [1.54, 1.807) is 0 Å². The molecule has 0 aromatic rings. The van der Waals surface area contributed by atoms with Crippen LogP contribution >= 0.6 is 6.89 Å². The fourth-order valence-corrected chi connectivity index (χ4v) is 0. The Balaban J connectivity index is 3.48. The Labute approximate surface area is 35.6 Å². The van der Waals surface area contributed by atoms with Gasteiger partial charge in [-0.25, -0.2) is 0 Å². The molecular formula is C4H11P. The summed E-state index contributed by atoms with van der Waals surface area (Å²) in [5, 5.41) is 0. The van der Waals surface area contributed by atoms with Crippen molar-refractivity contribution in [2.24, 2.45) is 0 Å².